The number of hydrogen-bond acceptors (Lipinski definition) is 5. The Labute approximate surface area is 176 Å². The molecule has 2 aromatic rings. The van der Waals surface area contributed by atoms with Gasteiger partial charge in [0.1, 0.15) is 5.76 Å². The fourth-order valence-corrected chi connectivity index (χ4v) is 4.06. The zero-order chi connectivity index (χ0) is 21.3. The number of hydrogen-bond donors (Lipinski definition) is 1. The summed E-state index contributed by atoms with van der Waals surface area (Å²) in [5, 5.41) is 13.7. The van der Waals surface area contributed by atoms with E-state index in [-0.39, 0.29) is 6.04 Å². The number of rotatable bonds is 6. The minimum absolute atomic E-state index is 0.137. The Morgan fingerprint density at radius 1 is 1.17 bits per heavy atom. The molecule has 2 aliphatic rings. The van der Waals surface area contributed by atoms with Gasteiger partial charge in [-0.3, -0.25) is 10.0 Å². The van der Waals surface area contributed by atoms with Gasteiger partial charge in [0.2, 0.25) is 0 Å². The largest absolute Gasteiger partial charge is 0.495 e. The Hall–Kier alpha value is -3.54. The van der Waals surface area contributed by atoms with Crippen LogP contribution < -0.4 is 0 Å². The minimum atomic E-state index is -0.916. The zero-order valence-electron chi connectivity index (χ0n) is 17.4. The molecule has 0 saturated carbocycles. The third-order valence-electron chi connectivity index (χ3n) is 5.55. The van der Waals surface area contributed by atoms with Crippen molar-refractivity contribution in [3.05, 3.63) is 83.5 Å². The standard InChI is InChI=1S/C24H25N3O3/c1-4-21-22(27-23(25-21)14-18(30-3)15-26(27)2)13-16-9-11-17(12-10-16)19-7-5-6-8-20(19)24(28)29/h5-12,14-15,22H,4,13H2,1-3H3,(H,28,29). The lowest BCUT2D eigenvalue weighted by molar-refractivity contribution is 0.0630. The summed E-state index contributed by atoms with van der Waals surface area (Å²) >= 11 is 0. The van der Waals surface area contributed by atoms with E-state index in [0.717, 1.165) is 41.3 Å². The highest BCUT2D eigenvalue weighted by Crippen LogP contribution is 2.32. The highest BCUT2D eigenvalue weighted by atomic mass is 16.5. The summed E-state index contributed by atoms with van der Waals surface area (Å²) in [7, 11) is 3.66. The molecule has 6 heteroatoms. The first-order valence-electron chi connectivity index (χ1n) is 10.0. The first kappa shape index (κ1) is 19.8. The highest BCUT2D eigenvalue weighted by Gasteiger charge is 2.35. The van der Waals surface area contributed by atoms with Crippen LogP contribution in [0.15, 0.2) is 77.4 Å². The van der Waals surface area contributed by atoms with Gasteiger partial charge in [-0.2, -0.15) is 0 Å². The molecule has 30 heavy (non-hydrogen) atoms. The molecule has 1 atom stereocenters. The fourth-order valence-electron chi connectivity index (χ4n) is 4.06. The molecule has 0 saturated heterocycles. The molecule has 4 rings (SSSR count). The molecule has 0 radical (unpaired) electrons. The van der Waals surface area contributed by atoms with E-state index in [1.807, 2.05) is 48.6 Å². The van der Waals surface area contributed by atoms with Gasteiger partial charge in [0.25, 0.3) is 0 Å². The van der Waals surface area contributed by atoms with E-state index >= 15 is 0 Å². The van der Waals surface area contributed by atoms with Gasteiger partial charge in [-0.25, -0.2) is 9.79 Å². The number of benzene rings is 2. The van der Waals surface area contributed by atoms with E-state index in [2.05, 4.69) is 24.1 Å². The summed E-state index contributed by atoms with van der Waals surface area (Å²) in [6, 6.07) is 15.4. The maximum absolute atomic E-state index is 11.5. The monoisotopic (exact) mass is 403 g/mol. The number of aliphatic imine (C=N–C) groups is 1. The van der Waals surface area contributed by atoms with E-state index in [1.54, 1.807) is 19.2 Å². The number of carbonyl (C=O) groups is 1. The number of carboxylic acids is 1. The summed E-state index contributed by atoms with van der Waals surface area (Å²) in [6.45, 7) is 2.13. The summed E-state index contributed by atoms with van der Waals surface area (Å²) in [6.07, 6.45) is 5.60. The quantitative estimate of drug-likeness (QED) is 0.778. The number of carboxylic acid groups (broad SMARTS) is 1. The summed E-state index contributed by atoms with van der Waals surface area (Å²) in [5.41, 5.74) is 4.25. The van der Waals surface area contributed by atoms with Gasteiger partial charge in [0, 0.05) is 25.3 Å². The lowest BCUT2D eigenvalue weighted by Gasteiger charge is -2.37. The Bertz CT molecular complexity index is 1050. The van der Waals surface area contributed by atoms with Crippen molar-refractivity contribution >= 4 is 11.7 Å². The van der Waals surface area contributed by atoms with Gasteiger partial charge in [0.05, 0.1) is 24.9 Å². The van der Waals surface area contributed by atoms with Crippen molar-refractivity contribution in [2.24, 2.45) is 4.99 Å². The molecule has 0 aromatic heterocycles. The molecule has 0 aliphatic carbocycles. The second kappa shape index (κ2) is 8.06. The molecule has 0 fully saturated rings. The highest BCUT2D eigenvalue weighted by molar-refractivity contribution is 5.96. The lowest BCUT2D eigenvalue weighted by Crippen LogP contribution is -2.45. The van der Waals surface area contributed by atoms with Crippen LogP contribution in [0.4, 0.5) is 0 Å². The number of ether oxygens (including phenoxy) is 1. The van der Waals surface area contributed by atoms with E-state index in [0.29, 0.717) is 5.56 Å². The van der Waals surface area contributed by atoms with E-state index in [1.165, 1.54) is 5.56 Å². The first-order chi connectivity index (χ1) is 14.5. The van der Waals surface area contributed by atoms with E-state index in [4.69, 9.17) is 9.73 Å². The molecule has 2 heterocycles. The molecule has 2 aromatic carbocycles. The Morgan fingerprint density at radius 2 is 1.90 bits per heavy atom. The van der Waals surface area contributed by atoms with Crippen molar-refractivity contribution in [2.75, 3.05) is 14.2 Å². The van der Waals surface area contributed by atoms with E-state index in [9.17, 15) is 9.90 Å². The molecule has 0 amide bonds. The number of nitrogens with zero attached hydrogens (tertiary/aromatic N) is 3. The maximum atomic E-state index is 11.5. The normalized spacial score (nSPS) is 17.8. The lowest BCUT2D eigenvalue weighted by atomic mass is 9.96. The molecule has 1 N–H and O–H groups in total. The summed E-state index contributed by atoms with van der Waals surface area (Å²) in [4.78, 5) is 16.4. The van der Waals surface area contributed by atoms with E-state index < -0.39 is 5.97 Å². The van der Waals surface area contributed by atoms with Crippen LogP contribution in [0.25, 0.3) is 11.1 Å². The van der Waals surface area contributed by atoms with Crippen molar-refractivity contribution in [1.82, 2.24) is 10.0 Å². The van der Waals surface area contributed by atoms with Crippen molar-refractivity contribution in [1.29, 1.82) is 0 Å². The molecular weight excluding hydrogens is 378 g/mol. The van der Waals surface area contributed by atoms with Crippen LogP contribution in [0.2, 0.25) is 0 Å². The van der Waals surface area contributed by atoms with Gasteiger partial charge >= 0.3 is 5.97 Å². The SMILES string of the molecule is CCC1=NC2=CC(OC)=CN(C)N2C1Cc1ccc(-c2ccccc2C(=O)O)cc1. The van der Waals surface area contributed by atoms with Crippen LogP contribution in [-0.4, -0.2) is 47.0 Å². The summed E-state index contributed by atoms with van der Waals surface area (Å²) in [5.74, 6) is 0.760. The van der Waals surface area contributed by atoms with Crippen LogP contribution in [-0.2, 0) is 11.2 Å². The molecule has 6 nitrogen and oxygen atoms in total. The molecule has 2 aliphatic heterocycles. The smallest absolute Gasteiger partial charge is 0.336 e. The van der Waals surface area contributed by atoms with Crippen molar-refractivity contribution in [3.63, 3.8) is 0 Å². The minimum Gasteiger partial charge on any atom is -0.495 e. The maximum Gasteiger partial charge on any atom is 0.336 e. The topological polar surface area (TPSA) is 65.4 Å². The van der Waals surface area contributed by atoms with Crippen molar-refractivity contribution in [2.45, 2.75) is 25.8 Å². The van der Waals surface area contributed by atoms with Crippen molar-refractivity contribution in [3.8, 4) is 11.1 Å². The number of allylic oxidation sites excluding steroid dienone is 1. The average molecular weight is 403 g/mol. The second-order valence-electron chi connectivity index (χ2n) is 7.38. The molecular formula is C24H25N3O3. The number of methoxy groups -OCH3 is 1. The predicted octanol–water partition coefficient (Wildman–Crippen LogP) is 4.32. The molecule has 1 unspecified atom stereocenters. The Kier molecular flexibility index (Phi) is 5.31. The molecule has 0 spiro atoms. The molecule has 154 valence electrons. The van der Waals surface area contributed by atoms with Gasteiger partial charge in [-0.1, -0.05) is 49.4 Å². The zero-order valence-corrected chi connectivity index (χ0v) is 17.4. The first-order valence-corrected chi connectivity index (χ1v) is 10.0. The van der Waals surface area contributed by atoms with Crippen molar-refractivity contribution < 1.29 is 14.6 Å². The molecule has 0 bridgehead atoms. The van der Waals surface area contributed by atoms with Gasteiger partial charge in [-0.05, 0) is 29.2 Å². The van der Waals surface area contributed by atoms with Crippen LogP contribution in [0.5, 0.6) is 0 Å². The third kappa shape index (κ3) is 3.56. The van der Waals surface area contributed by atoms with Crippen LogP contribution in [0, 0.1) is 0 Å². The predicted molar refractivity (Wildman–Crippen MR) is 117 cm³/mol. The van der Waals surface area contributed by atoms with Gasteiger partial charge in [0.15, 0.2) is 5.82 Å². The van der Waals surface area contributed by atoms with Gasteiger partial charge in [-0.15, -0.1) is 0 Å². The number of hydrazine groups is 1. The average Bonchev–Trinajstić information content (AvgIpc) is 3.12. The number of fused-ring (bicyclic) bond motifs is 1. The van der Waals surface area contributed by atoms with Crippen LogP contribution in [0.1, 0.15) is 29.3 Å². The van der Waals surface area contributed by atoms with Crippen LogP contribution >= 0.6 is 0 Å². The number of aromatic carboxylic acids is 1. The second-order valence-corrected chi connectivity index (χ2v) is 7.38. The third-order valence-corrected chi connectivity index (χ3v) is 5.55. The Balaban J connectivity index is 1.58. The van der Waals surface area contributed by atoms with Crippen LogP contribution in [0.3, 0.4) is 0 Å². The fraction of sp³-hybridized carbons (Fsp3) is 0.250. The van der Waals surface area contributed by atoms with Gasteiger partial charge < -0.3 is 9.84 Å². The summed E-state index contributed by atoms with van der Waals surface area (Å²) < 4.78 is 5.38. The Morgan fingerprint density at radius 3 is 2.57 bits per heavy atom.